The number of aromatic carboxylic acids is 1. The van der Waals surface area contributed by atoms with Crippen molar-refractivity contribution in [3.05, 3.63) is 23.9 Å². The standard InChI is InChI=1S/C9H12N2O3S/c1-15(14)6-5-10-8-4-2-3-7(11-8)9(12)13/h2-4H,5-6H2,1H3,(H,10,11)(H,12,13). The topological polar surface area (TPSA) is 79.3 Å². The van der Waals surface area contributed by atoms with Crippen LogP contribution in [0.4, 0.5) is 5.82 Å². The van der Waals surface area contributed by atoms with Gasteiger partial charge in [-0.2, -0.15) is 0 Å². The van der Waals surface area contributed by atoms with Crippen molar-refractivity contribution in [1.29, 1.82) is 0 Å². The molecule has 1 aromatic heterocycles. The molecule has 1 aromatic rings. The second-order valence-electron chi connectivity index (χ2n) is 2.92. The van der Waals surface area contributed by atoms with E-state index in [0.29, 0.717) is 18.1 Å². The fourth-order valence-electron chi connectivity index (χ4n) is 0.975. The normalized spacial score (nSPS) is 12.1. The molecule has 1 unspecified atom stereocenters. The molecule has 0 spiro atoms. The van der Waals surface area contributed by atoms with Gasteiger partial charge in [-0.25, -0.2) is 9.78 Å². The van der Waals surface area contributed by atoms with Crippen LogP contribution in [0, 0.1) is 0 Å². The highest BCUT2D eigenvalue weighted by atomic mass is 32.2. The lowest BCUT2D eigenvalue weighted by Gasteiger charge is -2.04. The smallest absolute Gasteiger partial charge is 0.354 e. The zero-order valence-corrected chi connectivity index (χ0v) is 9.08. The lowest BCUT2D eigenvalue weighted by atomic mass is 10.3. The minimum Gasteiger partial charge on any atom is -0.477 e. The number of rotatable bonds is 5. The third kappa shape index (κ3) is 4.07. The Morgan fingerprint density at radius 3 is 2.93 bits per heavy atom. The fourth-order valence-corrected chi connectivity index (χ4v) is 1.36. The molecule has 0 aliphatic heterocycles. The van der Waals surface area contributed by atoms with E-state index >= 15 is 0 Å². The summed E-state index contributed by atoms with van der Waals surface area (Å²) in [5.74, 6) is -0.0584. The average Bonchev–Trinajstić information content (AvgIpc) is 2.17. The molecule has 6 heteroatoms. The fraction of sp³-hybridized carbons (Fsp3) is 0.333. The predicted octanol–water partition coefficient (Wildman–Crippen LogP) is 0.570. The summed E-state index contributed by atoms with van der Waals surface area (Å²) in [6, 6.07) is 4.71. The Labute approximate surface area is 90.0 Å². The number of carboxylic acid groups (broad SMARTS) is 1. The molecule has 1 rings (SSSR count). The predicted molar refractivity (Wildman–Crippen MR) is 58.6 cm³/mol. The number of hydrogen-bond donors (Lipinski definition) is 2. The lowest BCUT2D eigenvalue weighted by Crippen LogP contribution is -2.12. The van der Waals surface area contributed by atoms with Gasteiger partial charge >= 0.3 is 5.97 Å². The molecule has 0 aliphatic rings. The van der Waals surface area contributed by atoms with E-state index in [1.165, 1.54) is 6.07 Å². The first kappa shape index (κ1) is 11.6. The van der Waals surface area contributed by atoms with Crippen LogP contribution in [0.25, 0.3) is 0 Å². The Kier molecular flexibility index (Phi) is 4.23. The Morgan fingerprint density at radius 1 is 1.60 bits per heavy atom. The number of carboxylic acids is 1. The van der Waals surface area contributed by atoms with Crippen LogP contribution in [-0.2, 0) is 10.8 Å². The van der Waals surface area contributed by atoms with Gasteiger partial charge in [-0.1, -0.05) is 6.07 Å². The van der Waals surface area contributed by atoms with Gasteiger partial charge < -0.3 is 10.4 Å². The Balaban J connectivity index is 2.58. The van der Waals surface area contributed by atoms with Gasteiger partial charge in [-0.05, 0) is 12.1 Å². The van der Waals surface area contributed by atoms with E-state index < -0.39 is 16.8 Å². The molecule has 0 bridgehead atoms. The zero-order valence-electron chi connectivity index (χ0n) is 8.27. The Hall–Kier alpha value is -1.43. The summed E-state index contributed by atoms with van der Waals surface area (Å²) in [6.45, 7) is 0.513. The van der Waals surface area contributed by atoms with Crippen molar-refractivity contribution in [3.63, 3.8) is 0 Å². The van der Waals surface area contributed by atoms with Crippen molar-refractivity contribution < 1.29 is 14.1 Å². The molecule has 0 radical (unpaired) electrons. The molecule has 0 amide bonds. The number of nitrogens with zero attached hydrogens (tertiary/aromatic N) is 1. The van der Waals surface area contributed by atoms with Crippen LogP contribution in [0.2, 0.25) is 0 Å². The van der Waals surface area contributed by atoms with Crippen LogP contribution < -0.4 is 5.32 Å². The number of carbonyl (C=O) groups is 1. The minimum absolute atomic E-state index is 0.00220. The molecule has 15 heavy (non-hydrogen) atoms. The molecule has 5 nitrogen and oxygen atoms in total. The first-order valence-electron chi connectivity index (χ1n) is 4.34. The van der Waals surface area contributed by atoms with E-state index in [9.17, 15) is 9.00 Å². The third-order valence-corrected chi connectivity index (χ3v) is 2.44. The molecular formula is C9H12N2O3S. The summed E-state index contributed by atoms with van der Waals surface area (Å²) in [6.07, 6.45) is 1.61. The Morgan fingerprint density at radius 2 is 2.33 bits per heavy atom. The summed E-state index contributed by atoms with van der Waals surface area (Å²) in [7, 11) is -0.860. The number of nitrogens with one attached hydrogen (secondary N) is 1. The van der Waals surface area contributed by atoms with Gasteiger partial charge in [0, 0.05) is 29.4 Å². The van der Waals surface area contributed by atoms with Crippen LogP contribution in [0.3, 0.4) is 0 Å². The zero-order chi connectivity index (χ0) is 11.3. The molecule has 0 aliphatic carbocycles. The molecule has 0 saturated carbocycles. The van der Waals surface area contributed by atoms with Gasteiger partial charge in [0.15, 0.2) is 5.69 Å². The van der Waals surface area contributed by atoms with Crippen molar-refractivity contribution in [2.45, 2.75) is 0 Å². The highest BCUT2D eigenvalue weighted by Crippen LogP contribution is 2.04. The summed E-state index contributed by atoms with van der Waals surface area (Å²) < 4.78 is 10.8. The monoisotopic (exact) mass is 228 g/mol. The maximum absolute atomic E-state index is 10.8. The van der Waals surface area contributed by atoms with Gasteiger partial charge in [0.25, 0.3) is 0 Å². The van der Waals surface area contributed by atoms with Crippen molar-refractivity contribution in [2.24, 2.45) is 0 Å². The van der Waals surface area contributed by atoms with E-state index in [-0.39, 0.29) is 5.69 Å². The highest BCUT2D eigenvalue weighted by Gasteiger charge is 2.04. The highest BCUT2D eigenvalue weighted by molar-refractivity contribution is 7.84. The summed E-state index contributed by atoms with van der Waals surface area (Å²) in [4.78, 5) is 14.5. The summed E-state index contributed by atoms with van der Waals surface area (Å²) in [5, 5.41) is 11.6. The van der Waals surface area contributed by atoms with Crippen LogP contribution in [0.1, 0.15) is 10.5 Å². The van der Waals surface area contributed by atoms with E-state index in [2.05, 4.69) is 10.3 Å². The van der Waals surface area contributed by atoms with Crippen molar-refractivity contribution in [3.8, 4) is 0 Å². The van der Waals surface area contributed by atoms with Gasteiger partial charge in [-0.15, -0.1) is 0 Å². The molecule has 2 N–H and O–H groups in total. The quantitative estimate of drug-likeness (QED) is 0.770. The van der Waals surface area contributed by atoms with E-state index in [1.54, 1.807) is 18.4 Å². The first-order chi connectivity index (χ1) is 7.09. The molecule has 82 valence electrons. The summed E-state index contributed by atoms with van der Waals surface area (Å²) >= 11 is 0. The van der Waals surface area contributed by atoms with Gasteiger partial charge in [-0.3, -0.25) is 4.21 Å². The largest absolute Gasteiger partial charge is 0.477 e. The first-order valence-corrected chi connectivity index (χ1v) is 6.06. The van der Waals surface area contributed by atoms with Crippen LogP contribution in [-0.4, -0.2) is 38.8 Å². The van der Waals surface area contributed by atoms with E-state index in [1.807, 2.05) is 0 Å². The molecule has 0 aromatic carbocycles. The average molecular weight is 228 g/mol. The molecular weight excluding hydrogens is 216 g/mol. The van der Waals surface area contributed by atoms with Gasteiger partial charge in [0.1, 0.15) is 5.82 Å². The van der Waals surface area contributed by atoms with Gasteiger partial charge in [0.2, 0.25) is 0 Å². The van der Waals surface area contributed by atoms with Gasteiger partial charge in [0.05, 0.1) is 0 Å². The molecule has 1 atom stereocenters. The third-order valence-electron chi connectivity index (χ3n) is 1.66. The molecule has 0 saturated heterocycles. The number of hydrogen-bond acceptors (Lipinski definition) is 4. The SMILES string of the molecule is CS(=O)CCNc1cccc(C(=O)O)n1. The van der Waals surface area contributed by atoms with Crippen molar-refractivity contribution >= 4 is 22.6 Å². The second-order valence-corrected chi connectivity index (χ2v) is 4.47. The van der Waals surface area contributed by atoms with Crippen molar-refractivity contribution in [2.75, 3.05) is 23.9 Å². The van der Waals surface area contributed by atoms with Crippen LogP contribution in [0.5, 0.6) is 0 Å². The Bertz CT molecular complexity index is 381. The number of pyridine rings is 1. The van der Waals surface area contributed by atoms with Crippen molar-refractivity contribution in [1.82, 2.24) is 4.98 Å². The van der Waals surface area contributed by atoms with Crippen LogP contribution in [0.15, 0.2) is 18.2 Å². The molecule has 1 heterocycles. The maximum atomic E-state index is 10.8. The van der Waals surface area contributed by atoms with E-state index in [4.69, 9.17) is 5.11 Å². The second kappa shape index (κ2) is 5.45. The molecule has 0 fully saturated rings. The number of aromatic nitrogens is 1. The summed E-state index contributed by atoms with van der Waals surface area (Å²) in [5.41, 5.74) is -0.00220. The van der Waals surface area contributed by atoms with Crippen LogP contribution >= 0.6 is 0 Å². The lowest BCUT2D eigenvalue weighted by molar-refractivity contribution is 0.0690. The minimum atomic E-state index is -1.06. The van der Waals surface area contributed by atoms with E-state index in [0.717, 1.165) is 0 Å². The number of anilines is 1. The maximum Gasteiger partial charge on any atom is 0.354 e.